The molecule has 3 rings (SSSR count). The quantitative estimate of drug-likeness (QED) is 0.439. The number of nitrogens with zero attached hydrogens (tertiary/aromatic N) is 3. The van der Waals surface area contributed by atoms with Crippen LogP contribution in [0.5, 0.6) is 0 Å². The van der Waals surface area contributed by atoms with Crippen LogP contribution in [-0.4, -0.2) is 42.4 Å². The predicted octanol–water partition coefficient (Wildman–Crippen LogP) is 3.11. The second-order valence-electron chi connectivity index (χ2n) is 6.46. The van der Waals surface area contributed by atoms with Gasteiger partial charge in [-0.15, -0.1) is 0 Å². The molecule has 1 aliphatic heterocycles. The number of hydrazone groups is 1. The number of halogens is 3. The molecule has 0 spiro atoms. The van der Waals surface area contributed by atoms with Gasteiger partial charge in [-0.05, 0) is 42.0 Å². The third-order valence-electron chi connectivity index (χ3n) is 4.41. The minimum atomic E-state index is -0.625. The fourth-order valence-corrected chi connectivity index (χ4v) is 3.42. The summed E-state index contributed by atoms with van der Waals surface area (Å²) in [6, 6.07) is 10.2. The molecule has 3 N–H and O–H groups in total. The number of hydrogen-bond donors (Lipinski definition) is 2. The summed E-state index contributed by atoms with van der Waals surface area (Å²) in [6.07, 6.45) is 1.26. The summed E-state index contributed by atoms with van der Waals surface area (Å²) < 4.78 is 29.1. The minimum Gasteiger partial charge on any atom is -0.375 e. The van der Waals surface area contributed by atoms with Crippen molar-refractivity contribution in [1.82, 2.24) is 10.3 Å². The second kappa shape index (κ2) is 9.27. The minimum absolute atomic E-state index is 0.0122. The van der Waals surface area contributed by atoms with Crippen LogP contribution in [-0.2, 0) is 6.54 Å². The average Bonchev–Trinajstić information content (AvgIpc) is 2.62. The molecule has 9 heteroatoms. The van der Waals surface area contributed by atoms with Gasteiger partial charge >= 0.3 is 0 Å². The van der Waals surface area contributed by atoms with Crippen molar-refractivity contribution in [3.05, 3.63) is 64.2 Å². The molecule has 5 nitrogen and oxygen atoms in total. The van der Waals surface area contributed by atoms with E-state index in [9.17, 15) is 8.78 Å². The Morgan fingerprint density at radius 1 is 1.18 bits per heavy atom. The van der Waals surface area contributed by atoms with Crippen molar-refractivity contribution in [2.45, 2.75) is 6.54 Å². The first-order valence-electron chi connectivity index (χ1n) is 8.71. The fourth-order valence-electron chi connectivity index (χ4n) is 3.16. The first kappa shape index (κ1) is 20.4. The highest BCUT2D eigenvalue weighted by molar-refractivity contribution is 7.80. The number of hydrogen-bond acceptors (Lipinski definition) is 4. The van der Waals surface area contributed by atoms with Gasteiger partial charge < -0.3 is 10.6 Å². The zero-order valence-corrected chi connectivity index (χ0v) is 16.6. The standard InChI is InChI=1S/C19H20ClF2N5S/c20-15-3-1-2-13(8-15)12-26-4-6-27(7-5-26)18-16(21)9-14(10-17(18)22)11-24-25-19(23)28/h1-3,8-11H,4-7,12H2,(H3,23,25,28). The molecule has 1 heterocycles. The lowest BCUT2D eigenvalue weighted by atomic mass is 10.1. The maximum atomic E-state index is 14.5. The Bertz CT molecular complexity index is 861. The van der Waals surface area contributed by atoms with Crippen molar-refractivity contribution in [3.63, 3.8) is 0 Å². The molecule has 0 atom stereocenters. The first-order valence-corrected chi connectivity index (χ1v) is 9.50. The molecule has 1 fully saturated rings. The number of benzene rings is 2. The Balaban J connectivity index is 1.63. The molecular weight excluding hydrogens is 404 g/mol. The van der Waals surface area contributed by atoms with Gasteiger partial charge in [-0.25, -0.2) is 8.78 Å². The van der Waals surface area contributed by atoms with E-state index < -0.39 is 11.6 Å². The lowest BCUT2D eigenvalue weighted by Crippen LogP contribution is -2.46. The van der Waals surface area contributed by atoms with Crippen LogP contribution < -0.4 is 16.1 Å². The SMILES string of the molecule is NC(=S)NN=Cc1cc(F)c(N2CCN(Cc3cccc(Cl)c3)CC2)c(F)c1. The Morgan fingerprint density at radius 3 is 2.46 bits per heavy atom. The highest BCUT2D eigenvalue weighted by atomic mass is 35.5. The van der Waals surface area contributed by atoms with E-state index in [-0.39, 0.29) is 16.4 Å². The molecule has 0 unspecified atom stereocenters. The van der Waals surface area contributed by atoms with Gasteiger partial charge in [0.2, 0.25) is 0 Å². The highest BCUT2D eigenvalue weighted by Gasteiger charge is 2.23. The van der Waals surface area contributed by atoms with E-state index in [4.69, 9.17) is 17.3 Å². The van der Waals surface area contributed by atoms with Gasteiger partial charge in [0.1, 0.15) is 17.3 Å². The Morgan fingerprint density at radius 2 is 1.86 bits per heavy atom. The number of piperazine rings is 1. The molecule has 148 valence electrons. The second-order valence-corrected chi connectivity index (χ2v) is 7.34. The van der Waals surface area contributed by atoms with E-state index in [1.165, 1.54) is 18.3 Å². The van der Waals surface area contributed by atoms with Crippen LogP contribution >= 0.6 is 23.8 Å². The average molecular weight is 424 g/mol. The Hall–Kier alpha value is -2.29. The molecular formula is C19H20ClF2N5S. The van der Waals surface area contributed by atoms with Gasteiger partial charge in [-0.3, -0.25) is 10.3 Å². The zero-order chi connectivity index (χ0) is 20.1. The van der Waals surface area contributed by atoms with Crippen molar-refractivity contribution in [3.8, 4) is 0 Å². The lowest BCUT2D eigenvalue weighted by molar-refractivity contribution is 0.248. The molecule has 2 aromatic rings. The molecule has 2 aromatic carbocycles. The van der Waals surface area contributed by atoms with Gasteiger partial charge in [0, 0.05) is 43.3 Å². The van der Waals surface area contributed by atoms with Gasteiger partial charge in [-0.1, -0.05) is 23.7 Å². The maximum absolute atomic E-state index is 14.5. The van der Waals surface area contributed by atoms with E-state index in [0.717, 1.165) is 12.1 Å². The van der Waals surface area contributed by atoms with E-state index in [0.29, 0.717) is 31.2 Å². The summed E-state index contributed by atoms with van der Waals surface area (Å²) in [6.45, 7) is 3.22. The molecule has 1 saturated heterocycles. The first-order chi connectivity index (χ1) is 13.4. The molecule has 0 bridgehead atoms. The highest BCUT2D eigenvalue weighted by Crippen LogP contribution is 2.26. The number of anilines is 1. The summed E-state index contributed by atoms with van der Waals surface area (Å²) in [5, 5.41) is 4.39. The van der Waals surface area contributed by atoms with Crippen LogP contribution in [0, 0.1) is 11.6 Å². The summed E-state index contributed by atoms with van der Waals surface area (Å²) in [4.78, 5) is 3.97. The topological polar surface area (TPSA) is 56.9 Å². The summed E-state index contributed by atoms with van der Waals surface area (Å²) >= 11 is 10.6. The van der Waals surface area contributed by atoms with E-state index in [1.807, 2.05) is 24.3 Å². The third kappa shape index (κ3) is 5.37. The van der Waals surface area contributed by atoms with Crippen molar-refractivity contribution in [2.75, 3.05) is 31.1 Å². The molecule has 28 heavy (non-hydrogen) atoms. The van der Waals surface area contributed by atoms with Crippen LogP contribution in [0.4, 0.5) is 14.5 Å². The normalized spacial score (nSPS) is 15.2. The Kier molecular flexibility index (Phi) is 6.77. The Labute approximate surface area is 172 Å². The van der Waals surface area contributed by atoms with Crippen molar-refractivity contribution in [2.24, 2.45) is 10.8 Å². The molecule has 0 saturated carbocycles. The lowest BCUT2D eigenvalue weighted by Gasteiger charge is -2.36. The van der Waals surface area contributed by atoms with E-state index in [1.54, 1.807) is 4.90 Å². The van der Waals surface area contributed by atoms with Crippen molar-refractivity contribution < 1.29 is 8.78 Å². The molecule has 0 radical (unpaired) electrons. The zero-order valence-electron chi connectivity index (χ0n) is 15.0. The van der Waals surface area contributed by atoms with Crippen molar-refractivity contribution >= 4 is 40.8 Å². The van der Waals surface area contributed by atoms with Gasteiger partial charge in [0.25, 0.3) is 0 Å². The van der Waals surface area contributed by atoms with Crippen molar-refractivity contribution in [1.29, 1.82) is 0 Å². The number of thiocarbonyl (C=S) groups is 1. The smallest absolute Gasteiger partial charge is 0.184 e. The monoisotopic (exact) mass is 423 g/mol. The molecule has 0 aromatic heterocycles. The van der Waals surface area contributed by atoms with Crippen LogP contribution in [0.25, 0.3) is 0 Å². The van der Waals surface area contributed by atoms with E-state index in [2.05, 4.69) is 27.6 Å². The van der Waals surface area contributed by atoms with Gasteiger partial charge in [-0.2, -0.15) is 5.10 Å². The number of nitrogens with two attached hydrogens (primary N) is 1. The van der Waals surface area contributed by atoms with Gasteiger partial charge in [0.15, 0.2) is 5.11 Å². The van der Waals surface area contributed by atoms with Gasteiger partial charge in [0.05, 0.1) is 6.21 Å². The van der Waals surface area contributed by atoms with Crippen LogP contribution in [0.15, 0.2) is 41.5 Å². The van der Waals surface area contributed by atoms with E-state index >= 15 is 0 Å². The largest absolute Gasteiger partial charge is 0.375 e. The summed E-state index contributed by atoms with van der Waals surface area (Å²) in [5.41, 5.74) is 8.98. The molecule has 0 amide bonds. The maximum Gasteiger partial charge on any atom is 0.184 e. The predicted molar refractivity (Wildman–Crippen MR) is 113 cm³/mol. The third-order valence-corrected chi connectivity index (χ3v) is 4.74. The fraction of sp³-hybridized carbons (Fsp3) is 0.263. The number of rotatable bonds is 5. The molecule has 1 aliphatic rings. The molecule has 0 aliphatic carbocycles. The van der Waals surface area contributed by atoms with Crippen LogP contribution in [0.2, 0.25) is 5.02 Å². The summed E-state index contributed by atoms with van der Waals surface area (Å²) in [5.74, 6) is -1.25. The summed E-state index contributed by atoms with van der Waals surface area (Å²) in [7, 11) is 0. The van der Waals surface area contributed by atoms with Crippen LogP contribution in [0.1, 0.15) is 11.1 Å². The van der Waals surface area contributed by atoms with Crippen LogP contribution in [0.3, 0.4) is 0 Å². The number of nitrogens with one attached hydrogen (secondary N) is 1.